The molecular weight excluding hydrogens is 456 g/mol. The molecule has 202 valence electrons. The van der Waals surface area contributed by atoms with Gasteiger partial charge in [-0.1, -0.05) is 32.9 Å². The molecule has 0 saturated carbocycles. The van der Waals surface area contributed by atoms with Crippen LogP contribution in [0.25, 0.3) is 0 Å². The Balaban J connectivity index is 2.46. The summed E-state index contributed by atoms with van der Waals surface area (Å²) in [5.74, 6) is -2.71. The number of aliphatic hydroxyl groups excluding tert-OH is 3. The summed E-state index contributed by atoms with van der Waals surface area (Å²) in [6, 6.07) is 0. The number of fused-ring (bicyclic) bond motifs is 2. The number of hydrogen-bond donors (Lipinski definition) is 4. The van der Waals surface area contributed by atoms with Gasteiger partial charge in [-0.15, -0.1) is 0 Å². The largest absolute Gasteiger partial charge is 0.455 e. The van der Waals surface area contributed by atoms with Gasteiger partial charge in [-0.05, 0) is 25.3 Å². The maximum Gasteiger partial charge on any atom is 0.331 e. The van der Waals surface area contributed by atoms with Crippen LogP contribution in [0.1, 0.15) is 59.8 Å². The van der Waals surface area contributed by atoms with Crippen molar-refractivity contribution < 1.29 is 44.2 Å². The van der Waals surface area contributed by atoms with E-state index in [1.165, 1.54) is 20.3 Å². The van der Waals surface area contributed by atoms with Gasteiger partial charge in [-0.2, -0.15) is 0 Å². The molecule has 1 saturated heterocycles. The Hall–Kier alpha value is -1.33. The summed E-state index contributed by atoms with van der Waals surface area (Å²) in [4.78, 5) is 12.6. The number of cyclic esters (lactones) is 1. The zero-order valence-electron chi connectivity index (χ0n) is 21.8. The van der Waals surface area contributed by atoms with E-state index in [-0.39, 0.29) is 31.8 Å². The molecule has 0 aromatic heterocycles. The summed E-state index contributed by atoms with van der Waals surface area (Å²) in [6.07, 6.45) is 1.55. The number of hydrogen-bond acceptors (Lipinski definition) is 9. The lowest BCUT2D eigenvalue weighted by molar-refractivity contribution is -0.376. The highest BCUT2D eigenvalue weighted by molar-refractivity contribution is 5.82. The van der Waals surface area contributed by atoms with Crippen LogP contribution in [0.5, 0.6) is 0 Å². The van der Waals surface area contributed by atoms with Crippen molar-refractivity contribution in [3.63, 3.8) is 0 Å². The van der Waals surface area contributed by atoms with Crippen LogP contribution in [0, 0.1) is 11.3 Å². The number of ether oxygens (including phenoxy) is 4. The summed E-state index contributed by atoms with van der Waals surface area (Å²) in [6.45, 7) is 7.08. The number of aliphatic hydroxyl groups is 4. The fourth-order valence-corrected chi connectivity index (χ4v) is 4.83. The third-order valence-corrected chi connectivity index (χ3v) is 7.63. The van der Waals surface area contributed by atoms with E-state index in [0.717, 1.165) is 12.0 Å². The number of methoxy groups -OCH3 is 2. The molecule has 2 unspecified atom stereocenters. The van der Waals surface area contributed by atoms with Gasteiger partial charge in [0.2, 0.25) is 5.79 Å². The monoisotopic (exact) mass is 500 g/mol. The van der Waals surface area contributed by atoms with Crippen LogP contribution in [0.4, 0.5) is 0 Å². The molecule has 9 heteroatoms. The third-order valence-electron chi connectivity index (χ3n) is 7.63. The van der Waals surface area contributed by atoms with Gasteiger partial charge in [0.1, 0.15) is 12.2 Å². The minimum atomic E-state index is -2.10. The van der Waals surface area contributed by atoms with Crippen molar-refractivity contribution >= 4 is 5.97 Å². The van der Waals surface area contributed by atoms with Crippen LogP contribution in [0.3, 0.4) is 0 Å². The van der Waals surface area contributed by atoms with E-state index in [9.17, 15) is 25.2 Å². The number of rotatable bonds is 6. The SMILES string of the molecule is CCC(/C=C(/C)[C@@H]1C[C@@H](OC)C[C@H](O)C(C)(C)C2(O)O[C@@H](C/C=C/C(=O)O1)C[C@@H](OC)[C@H]2O)CO. The number of carbonyl (C=O) groups is 1. The summed E-state index contributed by atoms with van der Waals surface area (Å²) in [7, 11) is 2.95. The maximum absolute atomic E-state index is 12.6. The molecule has 2 bridgehead atoms. The minimum absolute atomic E-state index is 0.0141. The third kappa shape index (κ3) is 6.91. The number of esters is 1. The molecule has 0 spiro atoms. The standard InChI is InChI=1S/C26H44O9/c1-7-17(15-27)11-16(2)20-13-19(32-5)14-22(28)25(3,4)26(31)24(30)21(33-6)12-18(35-26)9-8-10-23(29)34-20/h8,10-11,17-22,24,27-28,30-31H,7,9,12-15H2,1-6H3/b10-8+,16-11-/t17?,18-,19+,20-,21+,22-,24+,26?/m0/s1. The molecular formula is C26H44O9. The molecule has 0 amide bonds. The first kappa shape index (κ1) is 29.9. The normalized spacial score (nSPS) is 38.8. The first-order chi connectivity index (χ1) is 16.4. The fraction of sp³-hybridized carbons (Fsp3) is 0.808. The van der Waals surface area contributed by atoms with Gasteiger partial charge in [-0.3, -0.25) is 0 Å². The average Bonchev–Trinajstić information content (AvgIpc) is 2.82. The van der Waals surface area contributed by atoms with Gasteiger partial charge < -0.3 is 39.4 Å². The van der Waals surface area contributed by atoms with E-state index in [4.69, 9.17) is 18.9 Å². The van der Waals surface area contributed by atoms with Gasteiger partial charge in [0.05, 0.1) is 24.4 Å². The van der Waals surface area contributed by atoms with Crippen molar-refractivity contribution in [2.24, 2.45) is 11.3 Å². The smallest absolute Gasteiger partial charge is 0.331 e. The van der Waals surface area contributed by atoms with Crippen molar-refractivity contribution in [1.82, 2.24) is 0 Å². The van der Waals surface area contributed by atoms with Crippen LogP contribution in [0.15, 0.2) is 23.8 Å². The zero-order valence-corrected chi connectivity index (χ0v) is 21.8. The number of carbonyl (C=O) groups excluding carboxylic acids is 1. The Morgan fingerprint density at radius 3 is 2.49 bits per heavy atom. The predicted octanol–water partition coefficient (Wildman–Crippen LogP) is 1.86. The molecule has 35 heavy (non-hydrogen) atoms. The molecule has 1 fully saturated rings. The van der Waals surface area contributed by atoms with Crippen LogP contribution >= 0.6 is 0 Å². The lowest BCUT2D eigenvalue weighted by Gasteiger charge is -2.53. The maximum atomic E-state index is 12.6. The predicted molar refractivity (Wildman–Crippen MR) is 129 cm³/mol. The van der Waals surface area contributed by atoms with E-state index in [0.29, 0.717) is 6.42 Å². The quantitative estimate of drug-likeness (QED) is 0.318. The van der Waals surface area contributed by atoms with E-state index in [2.05, 4.69) is 0 Å². The molecule has 2 rings (SSSR count). The molecule has 4 N–H and O–H groups in total. The molecule has 2 heterocycles. The van der Waals surface area contributed by atoms with E-state index < -0.39 is 53.8 Å². The second-order valence-corrected chi connectivity index (χ2v) is 10.3. The zero-order chi connectivity index (χ0) is 26.4. The van der Waals surface area contributed by atoms with Crippen molar-refractivity contribution in [3.05, 3.63) is 23.8 Å². The second-order valence-electron chi connectivity index (χ2n) is 10.3. The lowest BCUT2D eigenvalue weighted by Crippen LogP contribution is -2.67. The minimum Gasteiger partial charge on any atom is -0.455 e. The second kappa shape index (κ2) is 12.8. The molecule has 2 aliphatic heterocycles. The van der Waals surface area contributed by atoms with E-state index in [1.807, 2.05) is 19.9 Å². The molecule has 0 aromatic carbocycles. The summed E-state index contributed by atoms with van der Waals surface area (Å²) in [5, 5.41) is 43.4. The summed E-state index contributed by atoms with van der Waals surface area (Å²) < 4.78 is 22.8. The first-order valence-corrected chi connectivity index (χ1v) is 12.4. The molecule has 0 aliphatic carbocycles. The average molecular weight is 501 g/mol. The molecule has 0 aromatic rings. The Morgan fingerprint density at radius 2 is 1.91 bits per heavy atom. The fourth-order valence-electron chi connectivity index (χ4n) is 4.83. The van der Waals surface area contributed by atoms with Gasteiger partial charge in [0.15, 0.2) is 0 Å². The lowest BCUT2D eigenvalue weighted by atomic mass is 9.70. The molecule has 9 nitrogen and oxygen atoms in total. The van der Waals surface area contributed by atoms with Gasteiger partial charge in [0, 0.05) is 57.5 Å². The van der Waals surface area contributed by atoms with Crippen molar-refractivity contribution in [3.8, 4) is 0 Å². The van der Waals surface area contributed by atoms with Crippen LogP contribution in [-0.2, 0) is 23.7 Å². The molecule has 0 radical (unpaired) electrons. The molecule has 8 atom stereocenters. The van der Waals surface area contributed by atoms with E-state index in [1.54, 1.807) is 19.9 Å². The van der Waals surface area contributed by atoms with Gasteiger partial charge >= 0.3 is 5.97 Å². The van der Waals surface area contributed by atoms with Gasteiger partial charge in [-0.25, -0.2) is 4.79 Å². The van der Waals surface area contributed by atoms with Crippen molar-refractivity contribution in [2.45, 2.75) is 102 Å². The Labute approximate surface area is 208 Å². The van der Waals surface area contributed by atoms with Crippen molar-refractivity contribution in [1.29, 1.82) is 0 Å². The molecule has 2 aliphatic rings. The Bertz CT molecular complexity index is 745. The Kier molecular flexibility index (Phi) is 10.9. The highest BCUT2D eigenvalue weighted by atomic mass is 16.7. The van der Waals surface area contributed by atoms with E-state index >= 15 is 0 Å². The topological polar surface area (TPSA) is 135 Å². The highest BCUT2D eigenvalue weighted by Gasteiger charge is 2.60. The first-order valence-electron chi connectivity index (χ1n) is 12.4. The van der Waals surface area contributed by atoms with Gasteiger partial charge in [0.25, 0.3) is 0 Å². The van der Waals surface area contributed by atoms with Crippen LogP contribution in [-0.4, -0.2) is 89.6 Å². The summed E-state index contributed by atoms with van der Waals surface area (Å²) in [5.41, 5.74) is -0.513. The highest BCUT2D eigenvalue weighted by Crippen LogP contribution is 2.46. The Morgan fingerprint density at radius 1 is 1.23 bits per heavy atom. The van der Waals surface area contributed by atoms with Crippen LogP contribution in [0.2, 0.25) is 0 Å². The van der Waals surface area contributed by atoms with Crippen LogP contribution < -0.4 is 0 Å². The van der Waals surface area contributed by atoms with Crippen molar-refractivity contribution in [2.75, 3.05) is 20.8 Å². The summed E-state index contributed by atoms with van der Waals surface area (Å²) >= 11 is 0.